The molecule has 0 saturated carbocycles. The second kappa shape index (κ2) is 6.65. The van der Waals surface area contributed by atoms with Gasteiger partial charge in [0.1, 0.15) is 17.3 Å². The Morgan fingerprint density at radius 2 is 1.90 bits per heavy atom. The lowest BCUT2D eigenvalue weighted by atomic mass is 9.83. The molecule has 2 atom stereocenters. The molecule has 0 aliphatic carbocycles. The van der Waals surface area contributed by atoms with E-state index in [4.69, 9.17) is 4.74 Å². The molecule has 6 heteroatoms. The number of carbonyl (C=O) groups excluding carboxylic acids is 1. The third-order valence-corrected chi connectivity index (χ3v) is 3.06. The molecule has 1 aromatic rings. The quantitative estimate of drug-likeness (QED) is 0.816. The van der Waals surface area contributed by atoms with E-state index in [1.165, 1.54) is 12.1 Å². The van der Waals surface area contributed by atoms with Crippen LogP contribution in [-0.2, 0) is 15.1 Å². The number of hydrogen-bond donors (Lipinski definition) is 1. The summed E-state index contributed by atoms with van der Waals surface area (Å²) in [6, 6.07) is 5.99. The summed E-state index contributed by atoms with van der Waals surface area (Å²) >= 11 is 0. The summed E-state index contributed by atoms with van der Waals surface area (Å²) in [7, 11) is 1.01. The lowest BCUT2D eigenvalue weighted by Crippen LogP contribution is -2.42. The van der Waals surface area contributed by atoms with Crippen molar-refractivity contribution in [3.8, 4) is 5.75 Å². The number of hydrogen-bond acceptors (Lipinski definition) is 4. The van der Waals surface area contributed by atoms with Crippen LogP contribution in [0.3, 0.4) is 0 Å². The molecule has 0 amide bonds. The molecule has 0 aliphatic rings. The third kappa shape index (κ3) is 3.45. The fourth-order valence-corrected chi connectivity index (χ4v) is 1.94. The highest BCUT2D eigenvalue weighted by atomic mass is 19.3. The average molecular weight is 288 g/mol. The van der Waals surface area contributed by atoms with Gasteiger partial charge in [-0.2, -0.15) is 0 Å². The van der Waals surface area contributed by atoms with Crippen molar-refractivity contribution in [2.45, 2.75) is 25.9 Å². The number of ether oxygens (including phenoxy) is 2. The van der Waals surface area contributed by atoms with Crippen LogP contribution in [0.15, 0.2) is 24.3 Å². The molecule has 0 spiro atoms. The van der Waals surface area contributed by atoms with Crippen molar-refractivity contribution < 1.29 is 28.2 Å². The Kier molecular flexibility index (Phi) is 5.44. The first-order valence-corrected chi connectivity index (χ1v) is 6.16. The van der Waals surface area contributed by atoms with Crippen molar-refractivity contribution in [2.75, 3.05) is 13.7 Å². The Balaban J connectivity index is 3.08. The van der Waals surface area contributed by atoms with Crippen molar-refractivity contribution in [3.05, 3.63) is 29.8 Å². The molecule has 0 saturated heterocycles. The van der Waals surface area contributed by atoms with Gasteiger partial charge in [-0.05, 0) is 31.5 Å². The molecule has 1 N–H and O–H groups in total. The zero-order chi connectivity index (χ0) is 15.3. The maximum atomic E-state index is 13.0. The van der Waals surface area contributed by atoms with E-state index in [-0.39, 0.29) is 5.56 Å². The fourth-order valence-electron chi connectivity index (χ4n) is 1.94. The van der Waals surface area contributed by atoms with Crippen molar-refractivity contribution in [1.29, 1.82) is 0 Å². The molecule has 2 unspecified atom stereocenters. The molecule has 20 heavy (non-hydrogen) atoms. The first-order chi connectivity index (χ1) is 9.34. The van der Waals surface area contributed by atoms with Crippen LogP contribution in [0.5, 0.6) is 5.75 Å². The van der Waals surface area contributed by atoms with E-state index in [0.717, 1.165) is 14.0 Å². The van der Waals surface area contributed by atoms with E-state index in [2.05, 4.69) is 4.74 Å². The summed E-state index contributed by atoms with van der Waals surface area (Å²) in [5, 5.41) is 10.3. The van der Waals surface area contributed by atoms with Gasteiger partial charge >= 0.3 is 5.97 Å². The molecule has 1 rings (SSSR count). The molecular weight excluding hydrogens is 270 g/mol. The summed E-state index contributed by atoms with van der Waals surface area (Å²) in [5.74, 6) is -2.55. The fraction of sp³-hybridized carbons (Fsp3) is 0.500. The SMILES string of the molecule is CCOc1ccc(C(C)(O)C(C(=O)OC)C(F)F)cc1. The Bertz CT molecular complexity index is 443. The molecule has 0 aliphatic heterocycles. The number of methoxy groups -OCH3 is 1. The van der Waals surface area contributed by atoms with Crippen LogP contribution in [0.1, 0.15) is 19.4 Å². The van der Waals surface area contributed by atoms with Crippen LogP contribution in [0, 0.1) is 5.92 Å². The Labute approximate surface area is 116 Å². The first-order valence-electron chi connectivity index (χ1n) is 6.16. The number of benzene rings is 1. The molecule has 4 nitrogen and oxygen atoms in total. The maximum Gasteiger partial charge on any atom is 0.317 e. The summed E-state index contributed by atoms with van der Waals surface area (Å²) in [4.78, 5) is 11.5. The van der Waals surface area contributed by atoms with Crippen LogP contribution in [0.25, 0.3) is 0 Å². The van der Waals surface area contributed by atoms with Crippen molar-refractivity contribution in [3.63, 3.8) is 0 Å². The molecule has 0 fully saturated rings. The lowest BCUT2D eigenvalue weighted by Gasteiger charge is -2.30. The summed E-state index contributed by atoms with van der Waals surface area (Å²) < 4.78 is 35.6. The second-order valence-electron chi connectivity index (χ2n) is 4.44. The molecule has 0 radical (unpaired) electrons. The van der Waals surface area contributed by atoms with E-state index in [1.54, 1.807) is 12.1 Å². The minimum absolute atomic E-state index is 0.191. The van der Waals surface area contributed by atoms with Gasteiger partial charge in [0.25, 0.3) is 6.43 Å². The molecule has 112 valence electrons. The van der Waals surface area contributed by atoms with Gasteiger partial charge in [-0.25, -0.2) is 8.78 Å². The van der Waals surface area contributed by atoms with Gasteiger partial charge in [-0.15, -0.1) is 0 Å². The summed E-state index contributed by atoms with van der Waals surface area (Å²) in [6.45, 7) is 3.45. The minimum atomic E-state index is -3.04. The second-order valence-corrected chi connectivity index (χ2v) is 4.44. The molecular formula is C14H18F2O4. The first kappa shape index (κ1) is 16.4. The van der Waals surface area contributed by atoms with Gasteiger partial charge in [-0.3, -0.25) is 4.79 Å². The van der Waals surface area contributed by atoms with Crippen LogP contribution < -0.4 is 4.74 Å². The predicted octanol–water partition coefficient (Wildman–Crippen LogP) is 2.35. The van der Waals surface area contributed by atoms with Gasteiger partial charge < -0.3 is 14.6 Å². The Morgan fingerprint density at radius 1 is 1.35 bits per heavy atom. The lowest BCUT2D eigenvalue weighted by molar-refractivity contribution is -0.167. The summed E-state index contributed by atoms with van der Waals surface area (Å²) in [6.07, 6.45) is -3.04. The number of rotatable bonds is 6. The van der Waals surface area contributed by atoms with Crippen molar-refractivity contribution in [2.24, 2.45) is 5.92 Å². The maximum absolute atomic E-state index is 13.0. The van der Waals surface area contributed by atoms with Gasteiger partial charge in [-0.1, -0.05) is 12.1 Å². The number of alkyl halides is 2. The van der Waals surface area contributed by atoms with Crippen LogP contribution in [-0.4, -0.2) is 31.2 Å². The van der Waals surface area contributed by atoms with Crippen LogP contribution >= 0.6 is 0 Å². The Hall–Kier alpha value is -1.69. The molecule has 1 aromatic carbocycles. The van der Waals surface area contributed by atoms with Gasteiger partial charge in [0.15, 0.2) is 0 Å². The monoisotopic (exact) mass is 288 g/mol. The van der Waals surface area contributed by atoms with E-state index < -0.39 is 23.9 Å². The van der Waals surface area contributed by atoms with Gasteiger partial charge in [0.2, 0.25) is 0 Å². The highest BCUT2D eigenvalue weighted by Crippen LogP contribution is 2.35. The van der Waals surface area contributed by atoms with E-state index in [9.17, 15) is 18.7 Å². The van der Waals surface area contributed by atoms with Crippen LogP contribution in [0.4, 0.5) is 8.78 Å². The van der Waals surface area contributed by atoms with E-state index in [1.807, 2.05) is 6.92 Å². The van der Waals surface area contributed by atoms with Gasteiger partial charge in [0, 0.05) is 0 Å². The number of carbonyl (C=O) groups is 1. The predicted molar refractivity (Wildman–Crippen MR) is 68.7 cm³/mol. The average Bonchev–Trinajstić information content (AvgIpc) is 2.39. The number of aliphatic hydroxyl groups is 1. The van der Waals surface area contributed by atoms with Crippen molar-refractivity contribution in [1.82, 2.24) is 0 Å². The summed E-state index contributed by atoms with van der Waals surface area (Å²) in [5.41, 5.74) is -1.84. The van der Waals surface area contributed by atoms with E-state index >= 15 is 0 Å². The smallest absolute Gasteiger partial charge is 0.317 e. The highest BCUT2D eigenvalue weighted by Gasteiger charge is 2.46. The third-order valence-electron chi connectivity index (χ3n) is 3.06. The normalized spacial score (nSPS) is 15.6. The van der Waals surface area contributed by atoms with Gasteiger partial charge in [0.05, 0.1) is 13.7 Å². The minimum Gasteiger partial charge on any atom is -0.494 e. The molecule has 0 bridgehead atoms. The molecule has 0 aromatic heterocycles. The topological polar surface area (TPSA) is 55.8 Å². The standard InChI is InChI=1S/C14H18F2O4/c1-4-20-10-7-5-9(6-8-10)14(2,18)11(12(15)16)13(17)19-3/h5-8,11-12,18H,4H2,1-3H3. The zero-order valence-electron chi connectivity index (χ0n) is 11.6. The highest BCUT2D eigenvalue weighted by molar-refractivity contribution is 5.74. The number of esters is 1. The van der Waals surface area contributed by atoms with E-state index in [0.29, 0.717) is 12.4 Å². The van der Waals surface area contributed by atoms with Crippen LogP contribution in [0.2, 0.25) is 0 Å². The zero-order valence-corrected chi connectivity index (χ0v) is 11.6. The molecule has 0 heterocycles. The largest absolute Gasteiger partial charge is 0.494 e. The van der Waals surface area contributed by atoms with Crippen molar-refractivity contribution >= 4 is 5.97 Å². The number of halogens is 2. The Morgan fingerprint density at radius 3 is 2.30 bits per heavy atom.